The first kappa shape index (κ1) is 17.4. The van der Waals surface area contributed by atoms with Gasteiger partial charge in [0.2, 0.25) is 5.91 Å². The highest BCUT2D eigenvalue weighted by molar-refractivity contribution is 8.16. The number of amidine groups is 1. The van der Waals surface area contributed by atoms with Crippen LogP contribution < -0.4 is 5.69 Å². The molecule has 1 aromatic heterocycles. The molecule has 140 valence electrons. The van der Waals surface area contributed by atoms with E-state index in [4.69, 9.17) is 0 Å². The van der Waals surface area contributed by atoms with Crippen molar-refractivity contribution >= 4 is 22.8 Å². The van der Waals surface area contributed by atoms with E-state index in [-0.39, 0.29) is 17.5 Å². The number of hydrogen-bond acceptors (Lipinski definition) is 6. The van der Waals surface area contributed by atoms with E-state index in [0.29, 0.717) is 13.0 Å². The predicted molar refractivity (Wildman–Crippen MR) is 101 cm³/mol. The molecule has 3 aliphatic rings. The number of carbonyl (C=O) groups is 1. The monoisotopic (exact) mass is 376 g/mol. The second-order valence-corrected chi connectivity index (χ2v) is 7.72. The molecule has 1 fully saturated rings. The van der Waals surface area contributed by atoms with Crippen molar-refractivity contribution in [2.45, 2.75) is 38.6 Å². The summed E-state index contributed by atoms with van der Waals surface area (Å²) in [4.78, 5) is 33.3. The maximum atomic E-state index is 12.7. The van der Waals surface area contributed by atoms with Gasteiger partial charge in [0.25, 0.3) is 0 Å². The highest BCUT2D eigenvalue weighted by Gasteiger charge is 2.31. The van der Waals surface area contributed by atoms with Crippen molar-refractivity contribution in [2.24, 2.45) is 12.0 Å². The molecule has 0 saturated carbocycles. The van der Waals surface area contributed by atoms with Crippen molar-refractivity contribution in [3.05, 3.63) is 27.4 Å². The van der Waals surface area contributed by atoms with E-state index in [0.717, 1.165) is 55.7 Å². The van der Waals surface area contributed by atoms with Gasteiger partial charge in [-0.05, 0) is 25.2 Å². The summed E-state index contributed by atoms with van der Waals surface area (Å²) >= 11 is 1.62. The Kier molecular flexibility index (Phi) is 4.64. The quantitative estimate of drug-likeness (QED) is 0.782. The van der Waals surface area contributed by atoms with E-state index in [2.05, 4.69) is 20.4 Å². The van der Waals surface area contributed by atoms with Gasteiger partial charge >= 0.3 is 5.69 Å². The van der Waals surface area contributed by atoms with E-state index in [1.165, 1.54) is 4.68 Å². The largest absolute Gasteiger partial charge is 0.345 e. The zero-order valence-corrected chi connectivity index (χ0v) is 16.0. The SMILES string of the molecule is CCn1c(C2CCN(C(=O)CC3=CSC4=NCCN34)CC2)nn(C)c1=O. The zero-order chi connectivity index (χ0) is 18.3. The average Bonchev–Trinajstić information content (AvgIpc) is 3.33. The van der Waals surface area contributed by atoms with Crippen LogP contribution in [0.5, 0.6) is 0 Å². The van der Waals surface area contributed by atoms with Crippen molar-refractivity contribution in [3.63, 3.8) is 0 Å². The standard InChI is InChI=1S/C17H24N6O2S/c1-3-22-15(19-20(2)17(22)25)12-4-7-21(8-5-12)14(24)10-13-11-26-16-18-6-9-23(13)16/h11-12H,3-10H2,1-2H3. The lowest BCUT2D eigenvalue weighted by Crippen LogP contribution is -2.39. The third kappa shape index (κ3) is 2.98. The number of carbonyl (C=O) groups excluding carboxylic acids is 1. The number of hydrogen-bond donors (Lipinski definition) is 0. The second-order valence-electron chi connectivity index (χ2n) is 6.88. The molecule has 9 heteroatoms. The Balaban J connectivity index is 1.36. The maximum Gasteiger partial charge on any atom is 0.345 e. The van der Waals surface area contributed by atoms with E-state index in [9.17, 15) is 9.59 Å². The van der Waals surface area contributed by atoms with Gasteiger partial charge in [0.05, 0.1) is 13.0 Å². The van der Waals surface area contributed by atoms with Crippen LogP contribution in [0.1, 0.15) is 37.9 Å². The minimum Gasteiger partial charge on any atom is -0.342 e. The van der Waals surface area contributed by atoms with Crippen LogP contribution in [-0.2, 0) is 18.4 Å². The predicted octanol–water partition coefficient (Wildman–Crippen LogP) is 0.958. The highest BCUT2D eigenvalue weighted by Crippen LogP contribution is 2.32. The van der Waals surface area contributed by atoms with Crippen LogP contribution in [0.4, 0.5) is 0 Å². The van der Waals surface area contributed by atoms with Crippen LogP contribution in [0, 0.1) is 0 Å². The third-order valence-electron chi connectivity index (χ3n) is 5.35. The lowest BCUT2D eigenvalue weighted by molar-refractivity contribution is -0.131. The fourth-order valence-corrected chi connectivity index (χ4v) is 4.85. The molecule has 8 nitrogen and oxygen atoms in total. The summed E-state index contributed by atoms with van der Waals surface area (Å²) in [6.45, 7) is 5.75. The summed E-state index contributed by atoms with van der Waals surface area (Å²) in [6.07, 6.45) is 2.15. The summed E-state index contributed by atoms with van der Waals surface area (Å²) in [5.74, 6) is 1.28. The van der Waals surface area contributed by atoms with Gasteiger partial charge in [-0.2, -0.15) is 5.10 Å². The molecule has 1 aromatic rings. The summed E-state index contributed by atoms with van der Waals surface area (Å²) in [5.41, 5.74) is 1.01. The van der Waals surface area contributed by atoms with Crippen LogP contribution in [-0.4, -0.2) is 61.4 Å². The van der Waals surface area contributed by atoms with E-state index >= 15 is 0 Å². The minimum atomic E-state index is -0.0604. The van der Waals surface area contributed by atoms with Crippen LogP contribution in [0.2, 0.25) is 0 Å². The molecule has 0 aromatic carbocycles. The molecule has 1 amide bonds. The molecular formula is C17H24N6O2S. The maximum absolute atomic E-state index is 12.7. The lowest BCUT2D eigenvalue weighted by Gasteiger charge is -2.32. The van der Waals surface area contributed by atoms with Crippen LogP contribution in [0.3, 0.4) is 0 Å². The Morgan fingerprint density at radius 1 is 1.31 bits per heavy atom. The first-order valence-electron chi connectivity index (χ1n) is 9.17. The average molecular weight is 376 g/mol. The van der Waals surface area contributed by atoms with Gasteiger partial charge in [-0.25, -0.2) is 9.48 Å². The van der Waals surface area contributed by atoms with E-state index in [1.807, 2.05) is 11.8 Å². The van der Waals surface area contributed by atoms with Gasteiger partial charge in [-0.15, -0.1) is 0 Å². The number of rotatable bonds is 4. The molecule has 0 atom stereocenters. The smallest absolute Gasteiger partial charge is 0.342 e. The molecule has 1 saturated heterocycles. The fourth-order valence-electron chi connectivity index (χ4n) is 3.89. The van der Waals surface area contributed by atoms with Crippen molar-refractivity contribution in [1.82, 2.24) is 24.1 Å². The van der Waals surface area contributed by atoms with Crippen LogP contribution in [0.15, 0.2) is 20.9 Å². The lowest BCUT2D eigenvalue weighted by atomic mass is 9.95. The number of likely N-dealkylation sites (tertiary alicyclic amines) is 1. The third-order valence-corrected chi connectivity index (χ3v) is 6.30. The van der Waals surface area contributed by atoms with Gasteiger partial charge in [0.1, 0.15) is 5.82 Å². The summed E-state index contributed by atoms with van der Waals surface area (Å²) < 4.78 is 3.16. The van der Waals surface area contributed by atoms with Gasteiger partial charge in [0, 0.05) is 44.8 Å². The molecule has 0 aliphatic carbocycles. The van der Waals surface area contributed by atoms with Gasteiger partial charge in [-0.3, -0.25) is 14.4 Å². The number of aromatic nitrogens is 3. The number of thioether (sulfide) groups is 1. The molecule has 4 heterocycles. The molecule has 4 rings (SSSR count). The Hall–Kier alpha value is -2.03. The number of amides is 1. The minimum absolute atomic E-state index is 0.0604. The first-order valence-corrected chi connectivity index (χ1v) is 10.1. The number of fused-ring (bicyclic) bond motifs is 1. The van der Waals surface area contributed by atoms with Gasteiger partial charge in [0.15, 0.2) is 5.17 Å². The molecule has 0 bridgehead atoms. The second kappa shape index (κ2) is 6.94. The molecule has 26 heavy (non-hydrogen) atoms. The molecule has 0 spiro atoms. The molecule has 0 unspecified atom stereocenters. The number of aryl methyl sites for hydroxylation is 1. The first-order chi connectivity index (χ1) is 12.6. The van der Waals surface area contributed by atoms with Crippen molar-refractivity contribution in [2.75, 3.05) is 26.2 Å². The summed E-state index contributed by atoms with van der Waals surface area (Å²) in [5, 5.41) is 7.51. The van der Waals surface area contributed by atoms with E-state index in [1.54, 1.807) is 23.4 Å². The summed E-state index contributed by atoms with van der Waals surface area (Å²) in [6, 6.07) is 0. The van der Waals surface area contributed by atoms with Crippen LogP contribution >= 0.6 is 11.8 Å². The van der Waals surface area contributed by atoms with Gasteiger partial charge in [-0.1, -0.05) is 11.8 Å². The number of piperidine rings is 1. The van der Waals surface area contributed by atoms with E-state index < -0.39 is 0 Å². The topological polar surface area (TPSA) is 75.7 Å². The van der Waals surface area contributed by atoms with Crippen molar-refractivity contribution < 1.29 is 4.79 Å². The highest BCUT2D eigenvalue weighted by atomic mass is 32.2. The normalized spacial score (nSPS) is 20.4. The Labute approximate surface area is 156 Å². The fraction of sp³-hybridized carbons (Fsp3) is 0.647. The molecule has 0 N–H and O–H groups in total. The molecule has 3 aliphatic heterocycles. The van der Waals surface area contributed by atoms with Gasteiger partial charge < -0.3 is 9.80 Å². The number of aliphatic imine (C=N–C) groups is 1. The Morgan fingerprint density at radius 2 is 2.08 bits per heavy atom. The van der Waals surface area contributed by atoms with Crippen molar-refractivity contribution in [3.8, 4) is 0 Å². The Bertz CT molecular complexity index is 831. The summed E-state index contributed by atoms with van der Waals surface area (Å²) in [7, 11) is 1.69. The number of nitrogens with zero attached hydrogens (tertiary/aromatic N) is 6. The Morgan fingerprint density at radius 3 is 2.81 bits per heavy atom. The zero-order valence-electron chi connectivity index (χ0n) is 15.2. The molecular weight excluding hydrogens is 352 g/mol. The molecule has 0 radical (unpaired) electrons. The van der Waals surface area contributed by atoms with Crippen molar-refractivity contribution in [1.29, 1.82) is 0 Å². The van der Waals surface area contributed by atoms with Crippen LogP contribution in [0.25, 0.3) is 0 Å².